The molecule has 7 heteroatoms. The summed E-state index contributed by atoms with van der Waals surface area (Å²) in [4.78, 5) is 12.1. The summed E-state index contributed by atoms with van der Waals surface area (Å²) >= 11 is 2.85. The van der Waals surface area contributed by atoms with E-state index in [1.165, 1.54) is 0 Å². The fourth-order valence-electron chi connectivity index (χ4n) is 1.67. The van der Waals surface area contributed by atoms with E-state index in [0.29, 0.717) is 18.2 Å². The highest BCUT2D eigenvalue weighted by molar-refractivity contribution is 9.10. The Labute approximate surface area is 124 Å². The molecule has 110 valence electrons. The second kappa shape index (κ2) is 5.55. The summed E-state index contributed by atoms with van der Waals surface area (Å²) in [6, 6.07) is 4.68. The van der Waals surface area contributed by atoms with Gasteiger partial charge in [0.1, 0.15) is 11.6 Å². The van der Waals surface area contributed by atoms with Gasteiger partial charge in [-0.15, -0.1) is 0 Å². The number of ketones is 1. The largest absolute Gasteiger partial charge is 0.416 e. The molecule has 0 fully saturated rings. The van der Waals surface area contributed by atoms with Crippen LogP contribution in [0.4, 0.5) is 22.0 Å². The van der Waals surface area contributed by atoms with E-state index in [-0.39, 0.29) is 10.0 Å². The molecule has 0 saturated carbocycles. The van der Waals surface area contributed by atoms with Crippen molar-refractivity contribution in [3.8, 4) is 0 Å². The van der Waals surface area contributed by atoms with Crippen molar-refractivity contribution in [1.82, 2.24) is 0 Å². The zero-order valence-corrected chi connectivity index (χ0v) is 11.7. The molecule has 21 heavy (non-hydrogen) atoms. The van der Waals surface area contributed by atoms with Gasteiger partial charge in [0.25, 0.3) is 0 Å². The van der Waals surface area contributed by atoms with Gasteiger partial charge < -0.3 is 0 Å². The van der Waals surface area contributed by atoms with Crippen LogP contribution in [0.2, 0.25) is 0 Å². The number of hydrogen-bond acceptors (Lipinski definition) is 1. The van der Waals surface area contributed by atoms with Gasteiger partial charge in [-0.25, -0.2) is 8.78 Å². The van der Waals surface area contributed by atoms with Crippen LogP contribution in [0.15, 0.2) is 40.9 Å². The summed E-state index contributed by atoms with van der Waals surface area (Å²) < 4.78 is 64.4. The van der Waals surface area contributed by atoms with Crippen molar-refractivity contribution < 1.29 is 26.7 Å². The van der Waals surface area contributed by atoms with Crippen LogP contribution in [-0.4, -0.2) is 5.78 Å². The Bertz CT molecular complexity index is 709. The Morgan fingerprint density at radius 2 is 1.57 bits per heavy atom. The average Bonchev–Trinajstić information content (AvgIpc) is 2.40. The van der Waals surface area contributed by atoms with Gasteiger partial charge in [0.2, 0.25) is 0 Å². The molecule has 0 amide bonds. The van der Waals surface area contributed by atoms with E-state index in [9.17, 15) is 26.7 Å². The Morgan fingerprint density at radius 1 is 0.952 bits per heavy atom. The van der Waals surface area contributed by atoms with Crippen LogP contribution in [0.5, 0.6) is 0 Å². The number of halogens is 6. The van der Waals surface area contributed by atoms with Crippen molar-refractivity contribution in [3.05, 3.63) is 69.2 Å². The maximum Gasteiger partial charge on any atom is 0.416 e. The van der Waals surface area contributed by atoms with Crippen LogP contribution >= 0.6 is 15.9 Å². The highest BCUT2D eigenvalue weighted by atomic mass is 79.9. The maximum atomic E-state index is 13.6. The molecular formula is C14H6BrF5O. The first kappa shape index (κ1) is 15.6. The van der Waals surface area contributed by atoms with Gasteiger partial charge in [-0.2, -0.15) is 13.2 Å². The highest BCUT2D eigenvalue weighted by Crippen LogP contribution is 2.31. The Morgan fingerprint density at radius 3 is 2.14 bits per heavy atom. The zero-order valence-electron chi connectivity index (χ0n) is 10.1. The lowest BCUT2D eigenvalue weighted by atomic mass is 10.0. The second-order valence-corrected chi connectivity index (χ2v) is 5.00. The predicted octanol–water partition coefficient (Wildman–Crippen LogP) is 4.98. The first-order valence-electron chi connectivity index (χ1n) is 5.56. The molecule has 0 N–H and O–H groups in total. The van der Waals surface area contributed by atoms with Crippen LogP contribution in [0.25, 0.3) is 0 Å². The van der Waals surface area contributed by atoms with Gasteiger partial charge in [0.15, 0.2) is 5.78 Å². The summed E-state index contributed by atoms with van der Waals surface area (Å²) in [5, 5.41) is 0. The minimum Gasteiger partial charge on any atom is -0.288 e. The fourth-order valence-corrected chi connectivity index (χ4v) is 2.05. The van der Waals surface area contributed by atoms with Gasteiger partial charge in [0, 0.05) is 5.56 Å². The normalized spacial score (nSPS) is 11.5. The van der Waals surface area contributed by atoms with Crippen LogP contribution in [-0.2, 0) is 6.18 Å². The van der Waals surface area contributed by atoms with Crippen molar-refractivity contribution in [2.24, 2.45) is 0 Å². The predicted molar refractivity (Wildman–Crippen MR) is 68.9 cm³/mol. The zero-order chi connectivity index (χ0) is 15.8. The molecule has 2 aromatic rings. The van der Waals surface area contributed by atoms with Gasteiger partial charge in [-0.05, 0) is 52.3 Å². The monoisotopic (exact) mass is 364 g/mol. The standard InChI is InChI=1S/C14H6BrF5O/c15-10-5-7(1-3-12(10)17)13(21)9-6-8(14(18,19)20)2-4-11(9)16/h1-6H. The van der Waals surface area contributed by atoms with Crippen LogP contribution < -0.4 is 0 Å². The molecule has 2 rings (SSSR count). The molecule has 0 radical (unpaired) electrons. The molecular weight excluding hydrogens is 359 g/mol. The molecule has 0 saturated heterocycles. The van der Waals surface area contributed by atoms with E-state index in [0.717, 1.165) is 18.2 Å². The average molecular weight is 365 g/mol. The first-order valence-corrected chi connectivity index (χ1v) is 6.36. The number of carbonyl (C=O) groups is 1. The third-order valence-electron chi connectivity index (χ3n) is 2.72. The second-order valence-electron chi connectivity index (χ2n) is 4.15. The van der Waals surface area contributed by atoms with Gasteiger partial charge in [-0.3, -0.25) is 4.79 Å². The molecule has 0 aliphatic heterocycles. The van der Waals surface area contributed by atoms with Crippen molar-refractivity contribution >= 4 is 21.7 Å². The minimum atomic E-state index is -4.69. The first-order chi connectivity index (χ1) is 9.70. The third-order valence-corrected chi connectivity index (χ3v) is 3.33. The quantitative estimate of drug-likeness (QED) is 0.542. The summed E-state index contributed by atoms with van der Waals surface area (Å²) in [5.41, 5.74) is -1.97. The van der Waals surface area contributed by atoms with E-state index in [1.807, 2.05) is 0 Å². The van der Waals surface area contributed by atoms with Gasteiger partial charge >= 0.3 is 6.18 Å². The minimum absolute atomic E-state index is 0.0410. The molecule has 2 aromatic carbocycles. The lowest BCUT2D eigenvalue weighted by molar-refractivity contribution is -0.137. The molecule has 0 aliphatic rings. The summed E-state index contributed by atoms with van der Waals surface area (Å²) in [5.74, 6) is -2.68. The Kier molecular flexibility index (Phi) is 4.13. The summed E-state index contributed by atoms with van der Waals surface area (Å²) in [6.07, 6.45) is -4.69. The number of rotatable bonds is 2. The fraction of sp³-hybridized carbons (Fsp3) is 0.0714. The smallest absolute Gasteiger partial charge is 0.288 e. The SMILES string of the molecule is O=C(c1ccc(F)c(Br)c1)c1cc(C(F)(F)F)ccc1F. The lowest BCUT2D eigenvalue weighted by Gasteiger charge is -2.09. The molecule has 0 spiro atoms. The Balaban J connectivity index is 2.50. The third kappa shape index (κ3) is 3.29. The number of carbonyl (C=O) groups excluding carboxylic acids is 1. The van der Waals surface area contributed by atoms with E-state index in [4.69, 9.17) is 0 Å². The van der Waals surface area contributed by atoms with E-state index in [2.05, 4.69) is 15.9 Å². The molecule has 1 nitrogen and oxygen atoms in total. The maximum absolute atomic E-state index is 13.6. The number of hydrogen-bond donors (Lipinski definition) is 0. The molecule has 0 unspecified atom stereocenters. The summed E-state index contributed by atoms with van der Waals surface area (Å²) in [6.45, 7) is 0. The molecule has 0 aliphatic carbocycles. The van der Waals surface area contributed by atoms with Gasteiger partial charge in [-0.1, -0.05) is 0 Å². The van der Waals surface area contributed by atoms with Crippen LogP contribution in [0.3, 0.4) is 0 Å². The van der Waals surface area contributed by atoms with Crippen LogP contribution in [0.1, 0.15) is 21.5 Å². The van der Waals surface area contributed by atoms with Crippen molar-refractivity contribution in [2.45, 2.75) is 6.18 Å². The van der Waals surface area contributed by atoms with Crippen molar-refractivity contribution in [1.29, 1.82) is 0 Å². The molecule has 0 bridgehead atoms. The van der Waals surface area contributed by atoms with E-state index in [1.54, 1.807) is 0 Å². The van der Waals surface area contributed by atoms with Gasteiger partial charge in [0.05, 0.1) is 15.6 Å². The molecule has 0 aromatic heterocycles. The lowest BCUT2D eigenvalue weighted by Crippen LogP contribution is -2.10. The van der Waals surface area contributed by atoms with Crippen molar-refractivity contribution in [2.75, 3.05) is 0 Å². The van der Waals surface area contributed by atoms with E-state index < -0.39 is 34.7 Å². The molecule has 0 heterocycles. The Hall–Kier alpha value is -1.76. The summed E-state index contributed by atoms with van der Waals surface area (Å²) in [7, 11) is 0. The topological polar surface area (TPSA) is 17.1 Å². The van der Waals surface area contributed by atoms with E-state index >= 15 is 0 Å². The number of benzene rings is 2. The highest BCUT2D eigenvalue weighted by Gasteiger charge is 2.32. The molecule has 0 atom stereocenters. The van der Waals surface area contributed by atoms with Crippen LogP contribution in [0, 0.1) is 11.6 Å². The number of alkyl halides is 3. The van der Waals surface area contributed by atoms with Crippen molar-refractivity contribution in [3.63, 3.8) is 0 Å².